The fourth-order valence-corrected chi connectivity index (χ4v) is 2.24. The number of carboxylic acids is 1. The molecule has 8 heteroatoms. The van der Waals surface area contributed by atoms with Gasteiger partial charge >= 0.3 is 5.97 Å². The molecule has 1 aromatic carbocycles. The molecule has 0 radical (unpaired) electrons. The van der Waals surface area contributed by atoms with Crippen LogP contribution in [0.2, 0.25) is 0 Å². The summed E-state index contributed by atoms with van der Waals surface area (Å²) in [7, 11) is 2.96. The van der Waals surface area contributed by atoms with Gasteiger partial charge < -0.3 is 9.84 Å². The van der Waals surface area contributed by atoms with E-state index < -0.39 is 23.9 Å². The van der Waals surface area contributed by atoms with Crippen molar-refractivity contribution in [2.75, 3.05) is 14.1 Å². The van der Waals surface area contributed by atoms with Crippen LogP contribution in [0.1, 0.15) is 12.5 Å². The van der Waals surface area contributed by atoms with Crippen molar-refractivity contribution < 1.29 is 24.2 Å². The summed E-state index contributed by atoms with van der Waals surface area (Å²) >= 11 is 5.03. The molecule has 1 N–H and O–H groups in total. The van der Waals surface area contributed by atoms with E-state index in [1.54, 1.807) is 24.3 Å². The molecule has 0 unspecified atom stereocenters. The van der Waals surface area contributed by atoms with Crippen LogP contribution in [-0.4, -0.2) is 58.0 Å². The topological polar surface area (TPSA) is 87.2 Å². The lowest BCUT2D eigenvalue weighted by Crippen LogP contribution is -2.52. The first-order chi connectivity index (χ1) is 11.2. The minimum atomic E-state index is -1.12. The van der Waals surface area contributed by atoms with E-state index in [-0.39, 0.29) is 16.4 Å². The number of hydrogen-bond donors (Lipinski definition) is 1. The van der Waals surface area contributed by atoms with Crippen molar-refractivity contribution in [1.29, 1.82) is 0 Å². The highest BCUT2D eigenvalue weighted by Crippen LogP contribution is 2.25. The van der Waals surface area contributed by atoms with Gasteiger partial charge in [-0.3, -0.25) is 19.4 Å². The Morgan fingerprint density at radius 1 is 1.21 bits per heavy atom. The highest BCUT2D eigenvalue weighted by molar-refractivity contribution is 7.80. The maximum atomic E-state index is 12.3. The second-order valence-electron chi connectivity index (χ2n) is 5.21. The number of benzene rings is 1. The summed E-state index contributed by atoms with van der Waals surface area (Å²) in [4.78, 5) is 38.0. The van der Waals surface area contributed by atoms with Gasteiger partial charge in [-0.25, -0.2) is 4.79 Å². The van der Waals surface area contributed by atoms with Crippen LogP contribution < -0.4 is 4.74 Å². The third kappa shape index (κ3) is 3.28. The SMILES string of the molecule is C[C@H](Oc1ccccc1C=C1C(=O)N(C)C(=S)N(C)C1=O)C(=O)O. The van der Waals surface area contributed by atoms with Crippen molar-refractivity contribution in [1.82, 2.24) is 9.80 Å². The van der Waals surface area contributed by atoms with Crippen molar-refractivity contribution in [3.05, 3.63) is 35.4 Å². The number of thiocarbonyl (C=S) groups is 1. The summed E-state index contributed by atoms with van der Waals surface area (Å²) in [5.74, 6) is -1.90. The standard InChI is InChI=1S/C16H16N2O5S/c1-9(15(21)22)23-12-7-5-4-6-10(12)8-11-13(19)17(2)16(24)18(3)14(11)20/h4-9H,1-3H3,(H,21,22)/t9-/m0/s1. The van der Waals surface area contributed by atoms with Crippen molar-refractivity contribution in [2.24, 2.45) is 0 Å². The maximum Gasteiger partial charge on any atom is 0.344 e. The first-order valence-electron chi connectivity index (χ1n) is 7.04. The van der Waals surface area contributed by atoms with E-state index in [0.29, 0.717) is 5.56 Å². The predicted molar refractivity (Wildman–Crippen MR) is 90.3 cm³/mol. The van der Waals surface area contributed by atoms with Crippen LogP contribution in [0, 0.1) is 0 Å². The average molecular weight is 348 g/mol. The van der Waals surface area contributed by atoms with E-state index in [1.807, 2.05) is 0 Å². The molecule has 0 aromatic heterocycles. The lowest BCUT2D eigenvalue weighted by Gasteiger charge is -2.31. The van der Waals surface area contributed by atoms with Gasteiger partial charge in [0.2, 0.25) is 0 Å². The lowest BCUT2D eigenvalue weighted by atomic mass is 10.1. The number of nitrogens with zero attached hydrogens (tertiary/aromatic N) is 2. The van der Waals surface area contributed by atoms with Crippen molar-refractivity contribution >= 4 is 41.2 Å². The van der Waals surface area contributed by atoms with E-state index >= 15 is 0 Å². The summed E-state index contributed by atoms with van der Waals surface area (Å²) in [6.07, 6.45) is 0.309. The second-order valence-corrected chi connectivity index (χ2v) is 5.57. The van der Waals surface area contributed by atoms with Gasteiger partial charge in [0, 0.05) is 19.7 Å². The number of hydrogen-bond acceptors (Lipinski definition) is 5. The van der Waals surface area contributed by atoms with Gasteiger partial charge in [0.05, 0.1) is 0 Å². The molecule has 0 spiro atoms. The van der Waals surface area contributed by atoms with E-state index in [9.17, 15) is 14.4 Å². The molecule has 7 nitrogen and oxygen atoms in total. The van der Waals surface area contributed by atoms with Gasteiger partial charge in [-0.1, -0.05) is 18.2 Å². The number of aliphatic carboxylic acids is 1. The number of para-hydroxylation sites is 1. The van der Waals surface area contributed by atoms with Crippen molar-refractivity contribution in [3.63, 3.8) is 0 Å². The number of carbonyl (C=O) groups excluding carboxylic acids is 2. The molecule has 1 saturated heterocycles. The van der Waals surface area contributed by atoms with Gasteiger partial charge in [-0.2, -0.15) is 0 Å². The Bertz CT molecular complexity index is 733. The van der Waals surface area contributed by atoms with Crippen molar-refractivity contribution in [3.8, 4) is 5.75 Å². The van der Waals surface area contributed by atoms with Crippen LogP contribution in [0.25, 0.3) is 6.08 Å². The molecule has 0 saturated carbocycles. The van der Waals surface area contributed by atoms with Crippen LogP contribution >= 0.6 is 12.2 Å². The number of rotatable bonds is 4. The van der Waals surface area contributed by atoms with Crippen LogP contribution in [0.4, 0.5) is 0 Å². The summed E-state index contributed by atoms with van der Waals surface area (Å²) in [6, 6.07) is 6.57. The van der Waals surface area contributed by atoms with Crippen LogP contribution in [0.3, 0.4) is 0 Å². The smallest absolute Gasteiger partial charge is 0.344 e. The minimum Gasteiger partial charge on any atom is -0.479 e. The van der Waals surface area contributed by atoms with Crippen molar-refractivity contribution in [2.45, 2.75) is 13.0 Å². The zero-order valence-electron chi connectivity index (χ0n) is 13.3. The molecular formula is C16H16N2O5S. The van der Waals surface area contributed by atoms with Gasteiger partial charge in [0.1, 0.15) is 11.3 Å². The molecular weight excluding hydrogens is 332 g/mol. The monoisotopic (exact) mass is 348 g/mol. The molecule has 1 aliphatic rings. The highest BCUT2D eigenvalue weighted by Gasteiger charge is 2.35. The first-order valence-corrected chi connectivity index (χ1v) is 7.45. The maximum absolute atomic E-state index is 12.3. The van der Waals surface area contributed by atoms with Crippen LogP contribution in [0.5, 0.6) is 5.75 Å². The molecule has 0 aliphatic carbocycles. The summed E-state index contributed by atoms with van der Waals surface area (Å²) in [5.41, 5.74) is 0.351. The minimum absolute atomic E-state index is 0.0763. The van der Waals surface area contributed by atoms with Gasteiger partial charge in [-0.05, 0) is 31.3 Å². The second kappa shape index (κ2) is 6.79. The summed E-state index contributed by atoms with van der Waals surface area (Å²) in [6.45, 7) is 1.39. The molecule has 126 valence electrons. The summed E-state index contributed by atoms with van der Waals surface area (Å²) in [5, 5.41) is 9.08. The number of amides is 2. The Kier molecular flexibility index (Phi) is 4.99. The molecule has 1 aromatic rings. The van der Waals surface area contributed by atoms with Gasteiger partial charge in [0.15, 0.2) is 11.2 Å². The van der Waals surface area contributed by atoms with E-state index in [2.05, 4.69) is 0 Å². The largest absolute Gasteiger partial charge is 0.479 e. The average Bonchev–Trinajstić information content (AvgIpc) is 2.56. The molecule has 1 aliphatic heterocycles. The fourth-order valence-electron chi connectivity index (χ4n) is 2.08. The van der Waals surface area contributed by atoms with E-state index in [1.165, 1.54) is 36.9 Å². The van der Waals surface area contributed by atoms with Crippen LogP contribution in [0.15, 0.2) is 29.8 Å². The van der Waals surface area contributed by atoms with E-state index in [0.717, 1.165) is 0 Å². The lowest BCUT2D eigenvalue weighted by molar-refractivity contribution is -0.144. The number of ether oxygens (including phenoxy) is 1. The third-order valence-corrected chi connectivity index (χ3v) is 4.06. The molecule has 24 heavy (non-hydrogen) atoms. The summed E-state index contributed by atoms with van der Waals surface area (Å²) < 4.78 is 5.37. The Morgan fingerprint density at radius 2 is 1.75 bits per heavy atom. The molecule has 0 bridgehead atoms. The number of carboxylic acid groups (broad SMARTS) is 1. The number of carbonyl (C=O) groups is 3. The highest BCUT2D eigenvalue weighted by atomic mass is 32.1. The number of likely N-dealkylation sites (N-methyl/N-ethyl adjacent to an activating group) is 2. The Balaban J connectivity index is 2.44. The molecule has 2 amide bonds. The van der Waals surface area contributed by atoms with E-state index in [4.69, 9.17) is 22.1 Å². The third-order valence-electron chi connectivity index (χ3n) is 3.51. The Hall–Kier alpha value is -2.74. The molecule has 2 rings (SSSR count). The first kappa shape index (κ1) is 17.6. The molecule has 1 atom stereocenters. The Labute approximate surface area is 144 Å². The predicted octanol–water partition coefficient (Wildman–Crippen LogP) is 1.14. The van der Waals surface area contributed by atoms with Crippen LogP contribution in [-0.2, 0) is 14.4 Å². The zero-order valence-corrected chi connectivity index (χ0v) is 14.2. The zero-order chi connectivity index (χ0) is 18.0. The quantitative estimate of drug-likeness (QED) is 0.499. The molecule has 1 fully saturated rings. The molecule has 1 heterocycles. The van der Waals surface area contributed by atoms with Gasteiger partial charge in [0.25, 0.3) is 11.8 Å². The van der Waals surface area contributed by atoms with Gasteiger partial charge in [-0.15, -0.1) is 0 Å². The normalized spacial score (nSPS) is 16.3. The fraction of sp³-hybridized carbons (Fsp3) is 0.250. The Morgan fingerprint density at radius 3 is 2.29 bits per heavy atom.